The van der Waals surface area contributed by atoms with Crippen LogP contribution in [0.3, 0.4) is 0 Å². The van der Waals surface area contributed by atoms with Crippen LogP contribution in [0.2, 0.25) is 6.04 Å². The summed E-state index contributed by atoms with van der Waals surface area (Å²) in [5, 5.41) is 0. The number of nitrogens with zero attached hydrogens (tertiary/aromatic N) is 1. The van der Waals surface area contributed by atoms with Crippen LogP contribution in [0.4, 0.5) is 0 Å². The van der Waals surface area contributed by atoms with Gasteiger partial charge in [0, 0.05) is 32.0 Å². The van der Waals surface area contributed by atoms with Crippen LogP contribution in [0.25, 0.3) is 0 Å². The van der Waals surface area contributed by atoms with E-state index in [0.29, 0.717) is 19.8 Å². The Balaban J connectivity index is 2.33. The molecule has 0 saturated heterocycles. The van der Waals surface area contributed by atoms with Gasteiger partial charge in [0.2, 0.25) is 0 Å². The summed E-state index contributed by atoms with van der Waals surface area (Å²) in [4.78, 5) is 24.6. The first-order chi connectivity index (χ1) is 9.17. The lowest BCUT2D eigenvalue weighted by Gasteiger charge is -2.16. The second-order valence-electron chi connectivity index (χ2n) is 4.14. The highest BCUT2D eigenvalue weighted by Crippen LogP contribution is 2.00. The average molecular weight is 286 g/mol. The van der Waals surface area contributed by atoms with Crippen LogP contribution >= 0.6 is 0 Å². The second-order valence-corrected chi connectivity index (χ2v) is 6.09. The van der Waals surface area contributed by atoms with Gasteiger partial charge in [0.1, 0.15) is 5.91 Å². The predicted octanol–water partition coefficient (Wildman–Crippen LogP) is -0.130. The van der Waals surface area contributed by atoms with Gasteiger partial charge in [0.05, 0.1) is 9.52 Å². The molecule has 0 aliphatic rings. The third kappa shape index (κ3) is 5.99. The lowest BCUT2D eigenvalue weighted by molar-refractivity contribution is -0.0827. The van der Waals surface area contributed by atoms with E-state index < -0.39 is 9.52 Å². The summed E-state index contributed by atoms with van der Waals surface area (Å²) in [5.74, 6) is -0.0256. The maximum Gasteiger partial charge on any atom is 0.328 e. The molecule has 0 bridgehead atoms. The summed E-state index contributed by atoms with van der Waals surface area (Å²) >= 11 is 0. The molecule has 7 heteroatoms. The lowest BCUT2D eigenvalue weighted by Crippen LogP contribution is -2.29. The molecule has 1 rings (SSSR count). The molecule has 108 valence electrons. The maximum atomic E-state index is 11.4. The number of aromatic amines is 1. The van der Waals surface area contributed by atoms with Crippen molar-refractivity contribution >= 4 is 9.52 Å². The number of aromatic nitrogens is 2. The molecular weight excluding hydrogens is 264 g/mol. The molecule has 0 atom stereocenters. The number of rotatable bonds is 9. The molecule has 0 aliphatic carbocycles. The minimum atomic E-state index is -0.464. The van der Waals surface area contributed by atoms with Gasteiger partial charge in [-0.2, -0.15) is 0 Å². The number of hydrogen-bond acceptors (Lipinski definition) is 4. The van der Waals surface area contributed by atoms with Gasteiger partial charge in [-0.05, 0) is 20.3 Å². The zero-order valence-electron chi connectivity index (χ0n) is 11.6. The molecule has 0 unspecified atom stereocenters. The Morgan fingerprint density at radius 1 is 1.32 bits per heavy atom. The van der Waals surface area contributed by atoms with E-state index in [0.717, 1.165) is 12.5 Å². The molecule has 0 spiro atoms. The summed E-state index contributed by atoms with van der Waals surface area (Å²) in [6.45, 7) is 5.86. The first-order valence-corrected chi connectivity index (χ1v) is 8.52. The molecule has 1 heterocycles. The van der Waals surface area contributed by atoms with Crippen molar-refractivity contribution in [2.75, 3.05) is 13.2 Å². The van der Waals surface area contributed by atoms with E-state index in [9.17, 15) is 9.59 Å². The summed E-state index contributed by atoms with van der Waals surface area (Å²) in [6.07, 6.45) is 2.43. The Kier molecular flexibility index (Phi) is 7.38. The highest BCUT2D eigenvalue weighted by atomic mass is 28.2. The van der Waals surface area contributed by atoms with Crippen molar-refractivity contribution < 1.29 is 9.47 Å². The fraction of sp³-hybridized carbons (Fsp3) is 0.667. The van der Waals surface area contributed by atoms with Crippen molar-refractivity contribution in [2.45, 2.75) is 38.8 Å². The van der Waals surface area contributed by atoms with Crippen molar-refractivity contribution in [2.24, 2.45) is 0 Å². The highest BCUT2D eigenvalue weighted by molar-refractivity contribution is 6.36. The third-order valence-electron chi connectivity index (χ3n) is 2.69. The summed E-state index contributed by atoms with van der Waals surface area (Å²) < 4.78 is 12.5. The van der Waals surface area contributed by atoms with Crippen molar-refractivity contribution in [1.29, 1.82) is 0 Å². The molecule has 19 heavy (non-hydrogen) atoms. The molecule has 6 nitrogen and oxygen atoms in total. The van der Waals surface area contributed by atoms with Gasteiger partial charge in [0.15, 0.2) is 0 Å². The molecule has 0 aromatic carbocycles. The van der Waals surface area contributed by atoms with E-state index in [1.807, 2.05) is 13.8 Å². The average Bonchev–Trinajstić information content (AvgIpc) is 2.37. The second kappa shape index (κ2) is 8.84. The Morgan fingerprint density at radius 2 is 2.00 bits per heavy atom. The third-order valence-corrected chi connectivity index (χ3v) is 4.54. The molecule has 1 N–H and O–H groups in total. The van der Waals surface area contributed by atoms with Crippen LogP contribution in [0.1, 0.15) is 20.3 Å². The van der Waals surface area contributed by atoms with Crippen LogP contribution in [0.15, 0.2) is 21.9 Å². The van der Waals surface area contributed by atoms with Crippen LogP contribution in [0, 0.1) is 0 Å². The van der Waals surface area contributed by atoms with E-state index in [1.165, 1.54) is 16.8 Å². The SMILES string of the molecule is CCOC(OCC)[SiH2]CCCn1ccc(=O)[nH]c1=O. The number of hydrogen-bond donors (Lipinski definition) is 1. The van der Waals surface area contributed by atoms with E-state index in [1.54, 1.807) is 0 Å². The highest BCUT2D eigenvalue weighted by Gasteiger charge is 2.07. The number of ether oxygens (including phenoxy) is 2. The first-order valence-electron chi connectivity index (χ1n) is 6.70. The monoisotopic (exact) mass is 286 g/mol. The quantitative estimate of drug-likeness (QED) is 0.390. The summed E-state index contributed by atoms with van der Waals surface area (Å²) in [6, 6.07) is 2.40. The number of nitrogens with one attached hydrogen (secondary N) is 1. The van der Waals surface area contributed by atoms with Crippen LogP contribution in [-0.4, -0.2) is 38.2 Å². The number of aryl methyl sites for hydroxylation is 1. The van der Waals surface area contributed by atoms with Crippen molar-refractivity contribution in [3.8, 4) is 0 Å². The van der Waals surface area contributed by atoms with Gasteiger partial charge < -0.3 is 14.0 Å². The standard InChI is InChI=1S/C12H22N2O4Si/c1-3-17-12(18-4-2)19-9-5-7-14-8-6-10(15)13-11(14)16/h6,8,12H,3-5,7,9,19H2,1-2H3,(H,13,15,16). The molecular formula is C12H22N2O4Si. The van der Waals surface area contributed by atoms with Gasteiger partial charge in [-0.3, -0.25) is 9.78 Å². The van der Waals surface area contributed by atoms with Gasteiger partial charge in [-0.25, -0.2) is 4.79 Å². The molecule has 0 fully saturated rings. The van der Waals surface area contributed by atoms with E-state index in [4.69, 9.17) is 9.47 Å². The van der Waals surface area contributed by atoms with Gasteiger partial charge >= 0.3 is 5.69 Å². The molecule has 1 aromatic heterocycles. The predicted molar refractivity (Wildman–Crippen MR) is 76.3 cm³/mol. The fourth-order valence-electron chi connectivity index (χ4n) is 1.80. The Labute approximate surface area is 114 Å². The van der Waals surface area contributed by atoms with Gasteiger partial charge in [0.25, 0.3) is 5.56 Å². The van der Waals surface area contributed by atoms with Crippen LogP contribution in [-0.2, 0) is 16.0 Å². The lowest BCUT2D eigenvalue weighted by atomic mass is 10.4. The maximum absolute atomic E-state index is 11.4. The zero-order chi connectivity index (χ0) is 14.1. The van der Waals surface area contributed by atoms with E-state index >= 15 is 0 Å². The van der Waals surface area contributed by atoms with Gasteiger partial charge in [-0.15, -0.1) is 0 Å². The fourth-order valence-corrected chi connectivity index (χ4v) is 3.45. The Morgan fingerprint density at radius 3 is 2.58 bits per heavy atom. The molecule has 0 aliphatic heterocycles. The Hall–Kier alpha value is -1.18. The minimum absolute atomic E-state index is 0.0256. The largest absolute Gasteiger partial charge is 0.357 e. The molecule has 1 aromatic rings. The van der Waals surface area contributed by atoms with E-state index in [-0.39, 0.29) is 17.2 Å². The first kappa shape index (κ1) is 15.9. The van der Waals surface area contributed by atoms with Crippen molar-refractivity contribution in [1.82, 2.24) is 9.55 Å². The number of H-pyrrole nitrogens is 1. The van der Waals surface area contributed by atoms with E-state index in [2.05, 4.69) is 4.98 Å². The van der Waals surface area contributed by atoms with Crippen LogP contribution < -0.4 is 11.2 Å². The molecule has 0 radical (unpaired) electrons. The summed E-state index contributed by atoms with van der Waals surface area (Å²) in [7, 11) is -0.464. The topological polar surface area (TPSA) is 73.3 Å². The zero-order valence-corrected chi connectivity index (χ0v) is 13.0. The smallest absolute Gasteiger partial charge is 0.328 e. The van der Waals surface area contributed by atoms with Crippen LogP contribution in [0.5, 0.6) is 0 Å². The normalized spacial score (nSPS) is 11.7. The molecule has 0 amide bonds. The van der Waals surface area contributed by atoms with Crippen molar-refractivity contribution in [3.05, 3.63) is 33.1 Å². The summed E-state index contributed by atoms with van der Waals surface area (Å²) in [5.41, 5.74) is -0.705. The Bertz CT molecular complexity index is 465. The molecule has 0 saturated carbocycles. The van der Waals surface area contributed by atoms with Crippen molar-refractivity contribution in [3.63, 3.8) is 0 Å². The minimum Gasteiger partial charge on any atom is -0.357 e. The van der Waals surface area contributed by atoms with Gasteiger partial charge in [-0.1, -0.05) is 6.04 Å².